The molecule has 1 N–H and O–H groups in total. The molecule has 1 aliphatic carbocycles. The van der Waals surface area contributed by atoms with Crippen molar-refractivity contribution in [2.24, 2.45) is 17.8 Å². The van der Waals surface area contributed by atoms with Crippen LogP contribution in [0.4, 0.5) is 4.79 Å². The molecule has 28 heavy (non-hydrogen) atoms. The number of rotatable bonds is 5. The molecule has 154 valence electrons. The van der Waals surface area contributed by atoms with Gasteiger partial charge in [0.2, 0.25) is 5.91 Å². The summed E-state index contributed by atoms with van der Waals surface area (Å²) in [5, 5.41) is 3.12. The largest absolute Gasteiger partial charge is 0.491 e. The van der Waals surface area contributed by atoms with E-state index in [0.717, 1.165) is 11.3 Å². The third-order valence-corrected chi connectivity index (χ3v) is 5.20. The van der Waals surface area contributed by atoms with Crippen LogP contribution in [0.15, 0.2) is 24.3 Å². The Balaban J connectivity index is 1.46. The van der Waals surface area contributed by atoms with Crippen LogP contribution >= 0.6 is 0 Å². The molecule has 2 fully saturated rings. The van der Waals surface area contributed by atoms with Crippen LogP contribution in [-0.4, -0.2) is 47.7 Å². The maximum Gasteiger partial charge on any atom is 0.410 e. The molecule has 0 radical (unpaired) electrons. The smallest absolute Gasteiger partial charge is 0.410 e. The summed E-state index contributed by atoms with van der Waals surface area (Å²) in [7, 11) is 0. The summed E-state index contributed by atoms with van der Waals surface area (Å²) in [4.78, 5) is 26.6. The predicted molar refractivity (Wildman–Crippen MR) is 107 cm³/mol. The van der Waals surface area contributed by atoms with E-state index in [-0.39, 0.29) is 29.8 Å². The van der Waals surface area contributed by atoms with Gasteiger partial charge in [-0.25, -0.2) is 4.79 Å². The molecule has 1 saturated carbocycles. The van der Waals surface area contributed by atoms with Crippen LogP contribution in [0.1, 0.15) is 40.2 Å². The minimum atomic E-state index is -0.498. The second-order valence-corrected chi connectivity index (χ2v) is 9.72. The molecule has 0 unspecified atom stereocenters. The summed E-state index contributed by atoms with van der Waals surface area (Å²) >= 11 is 0. The second-order valence-electron chi connectivity index (χ2n) is 9.72. The summed E-state index contributed by atoms with van der Waals surface area (Å²) in [6.07, 6.45) is -0.286. The van der Waals surface area contributed by atoms with Gasteiger partial charge in [0.1, 0.15) is 18.0 Å². The molecule has 3 atom stereocenters. The van der Waals surface area contributed by atoms with E-state index in [1.54, 1.807) is 4.90 Å². The number of likely N-dealkylation sites (tertiary alicyclic amines) is 1. The van der Waals surface area contributed by atoms with Gasteiger partial charge in [-0.05, 0) is 71.1 Å². The highest BCUT2D eigenvalue weighted by Gasteiger charge is 2.61. The van der Waals surface area contributed by atoms with E-state index in [4.69, 9.17) is 9.47 Å². The minimum Gasteiger partial charge on any atom is -0.491 e. The van der Waals surface area contributed by atoms with Crippen LogP contribution in [0.25, 0.3) is 0 Å². The molecule has 0 aromatic heterocycles. The molecule has 6 heteroatoms. The molecule has 0 spiro atoms. The Morgan fingerprint density at radius 1 is 1.14 bits per heavy atom. The second kappa shape index (κ2) is 7.30. The molecule has 1 aromatic carbocycles. The van der Waals surface area contributed by atoms with Crippen molar-refractivity contribution in [3.63, 3.8) is 0 Å². The number of aryl methyl sites for hydroxylation is 1. The van der Waals surface area contributed by atoms with Gasteiger partial charge in [-0.15, -0.1) is 0 Å². The SMILES string of the molecule is Cc1cccc(OCC(C)(C)NC(=O)[C@H]2[C@@H]3CN(C(=O)OC(C)(C)C)C[C@@H]32)c1. The number of nitrogens with one attached hydrogen (secondary N) is 1. The molecule has 2 aliphatic rings. The number of hydrogen-bond donors (Lipinski definition) is 1. The normalized spacial score (nSPS) is 23.8. The summed E-state index contributed by atoms with van der Waals surface area (Å²) in [5.41, 5.74) is 0.171. The Morgan fingerprint density at radius 2 is 1.79 bits per heavy atom. The number of hydrogen-bond acceptors (Lipinski definition) is 4. The molecular weight excluding hydrogens is 356 g/mol. The number of piperidine rings is 1. The molecule has 6 nitrogen and oxygen atoms in total. The van der Waals surface area contributed by atoms with E-state index in [1.807, 2.05) is 65.8 Å². The quantitative estimate of drug-likeness (QED) is 0.840. The Labute approximate surface area is 167 Å². The average molecular weight is 389 g/mol. The van der Waals surface area contributed by atoms with Crippen LogP contribution in [0.5, 0.6) is 5.75 Å². The first-order chi connectivity index (χ1) is 13.0. The van der Waals surface area contributed by atoms with E-state index in [2.05, 4.69) is 5.32 Å². The minimum absolute atomic E-state index is 0.0167. The highest BCUT2D eigenvalue weighted by Crippen LogP contribution is 2.52. The summed E-state index contributed by atoms with van der Waals surface area (Å²) in [6, 6.07) is 7.88. The standard InChI is InChI=1S/C22H32N2O4/c1-14-8-7-9-15(10-14)27-13-22(5,6)23-19(25)18-16-11-24(12-17(16)18)20(26)28-21(2,3)4/h7-10,16-18H,11-13H2,1-6H3,(H,23,25)/t16-,17+,18+. The number of ether oxygens (including phenoxy) is 2. The van der Waals surface area contributed by atoms with Crippen molar-refractivity contribution in [3.8, 4) is 5.75 Å². The molecule has 1 aromatic rings. The zero-order valence-corrected chi connectivity index (χ0v) is 17.7. The number of amides is 2. The maximum absolute atomic E-state index is 12.7. The van der Waals surface area contributed by atoms with Gasteiger partial charge in [0.25, 0.3) is 0 Å². The number of benzene rings is 1. The van der Waals surface area contributed by atoms with Gasteiger partial charge in [-0.2, -0.15) is 0 Å². The fourth-order valence-electron chi connectivity index (χ4n) is 3.81. The third-order valence-electron chi connectivity index (χ3n) is 5.20. The van der Waals surface area contributed by atoms with Crippen LogP contribution < -0.4 is 10.1 Å². The van der Waals surface area contributed by atoms with E-state index in [0.29, 0.717) is 19.7 Å². The van der Waals surface area contributed by atoms with E-state index in [9.17, 15) is 9.59 Å². The molecule has 2 amide bonds. The lowest BCUT2D eigenvalue weighted by Crippen LogP contribution is -2.49. The summed E-state index contributed by atoms with van der Waals surface area (Å²) in [5.74, 6) is 1.31. The molecule has 0 bridgehead atoms. The maximum atomic E-state index is 12.7. The van der Waals surface area contributed by atoms with Crippen molar-refractivity contribution >= 4 is 12.0 Å². The van der Waals surface area contributed by atoms with Gasteiger partial charge < -0.3 is 19.7 Å². The zero-order valence-electron chi connectivity index (χ0n) is 17.7. The monoisotopic (exact) mass is 388 g/mol. The first-order valence-corrected chi connectivity index (χ1v) is 9.95. The summed E-state index contributed by atoms with van der Waals surface area (Å²) in [6.45, 7) is 13.1. The number of fused-ring (bicyclic) bond motifs is 1. The van der Waals surface area contributed by atoms with Crippen molar-refractivity contribution < 1.29 is 19.1 Å². The molecular formula is C22H32N2O4. The first kappa shape index (κ1) is 20.5. The van der Waals surface area contributed by atoms with Gasteiger partial charge in [0.15, 0.2) is 0 Å². The van der Waals surface area contributed by atoms with Crippen LogP contribution in [0.2, 0.25) is 0 Å². The predicted octanol–water partition coefficient (Wildman–Crippen LogP) is 3.38. The van der Waals surface area contributed by atoms with E-state index >= 15 is 0 Å². The third kappa shape index (κ3) is 4.97. The van der Waals surface area contributed by atoms with E-state index < -0.39 is 11.1 Å². The number of carbonyl (C=O) groups is 2. The molecule has 1 aliphatic heterocycles. The van der Waals surface area contributed by atoms with Gasteiger partial charge >= 0.3 is 6.09 Å². The van der Waals surface area contributed by atoms with Crippen molar-refractivity contribution in [1.82, 2.24) is 10.2 Å². The lowest BCUT2D eigenvalue weighted by Gasteiger charge is -2.28. The van der Waals surface area contributed by atoms with Gasteiger partial charge in [-0.1, -0.05) is 12.1 Å². The van der Waals surface area contributed by atoms with Gasteiger partial charge in [-0.3, -0.25) is 4.79 Å². The zero-order chi connectivity index (χ0) is 20.7. The van der Waals surface area contributed by atoms with Gasteiger partial charge in [0, 0.05) is 19.0 Å². The topological polar surface area (TPSA) is 67.9 Å². The first-order valence-electron chi connectivity index (χ1n) is 9.95. The van der Waals surface area contributed by atoms with Gasteiger partial charge in [0.05, 0.1) is 5.54 Å². The molecule has 1 saturated heterocycles. The Morgan fingerprint density at radius 3 is 2.36 bits per heavy atom. The fraction of sp³-hybridized carbons (Fsp3) is 0.636. The van der Waals surface area contributed by atoms with Crippen molar-refractivity contribution in [3.05, 3.63) is 29.8 Å². The number of nitrogens with zero attached hydrogens (tertiary/aromatic N) is 1. The van der Waals surface area contributed by atoms with Crippen molar-refractivity contribution in [2.45, 2.75) is 52.7 Å². The Hall–Kier alpha value is -2.24. The lowest BCUT2D eigenvalue weighted by molar-refractivity contribution is -0.125. The summed E-state index contributed by atoms with van der Waals surface area (Å²) < 4.78 is 11.3. The molecule has 3 rings (SSSR count). The average Bonchev–Trinajstić information content (AvgIpc) is 3.06. The highest BCUT2D eigenvalue weighted by molar-refractivity contribution is 5.84. The lowest BCUT2D eigenvalue weighted by atomic mass is 10.1. The van der Waals surface area contributed by atoms with Crippen LogP contribution in [-0.2, 0) is 9.53 Å². The fourth-order valence-corrected chi connectivity index (χ4v) is 3.81. The molecule has 1 heterocycles. The van der Waals surface area contributed by atoms with Crippen molar-refractivity contribution in [2.75, 3.05) is 19.7 Å². The van der Waals surface area contributed by atoms with E-state index in [1.165, 1.54) is 0 Å². The van der Waals surface area contributed by atoms with Crippen molar-refractivity contribution in [1.29, 1.82) is 0 Å². The van der Waals surface area contributed by atoms with Crippen LogP contribution in [0, 0.1) is 24.7 Å². The Bertz CT molecular complexity index is 741. The number of carbonyl (C=O) groups excluding carboxylic acids is 2. The van der Waals surface area contributed by atoms with Crippen LogP contribution in [0.3, 0.4) is 0 Å². The Kier molecular flexibility index (Phi) is 5.34. The highest BCUT2D eigenvalue weighted by atomic mass is 16.6.